The molecule has 0 aliphatic rings. The Hall–Kier alpha value is -1.94. The van der Waals surface area contributed by atoms with Crippen molar-refractivity contribution in [2.45, 2.75) is 33.7 Å². The number of benzene rings is 1. The second-order valence-electron chi connectivity index (χ2n) is 5.12. The van der Waals surface area contributed by atoms with Gasteiger partial charge in [0.2, 0.25) is 0 Å². The van der Waals surface area contributed by atoms with Gasteiger partial charge in [-0.1, -0.05) is 24.6 Å². The molecule has 1 N–H and O–H groups in total. The summed E-state index contributed by atoms with van der Waals surface area (Å²) in [6.45, 7) is 9.02. The molecule has 0 amide bonds. The number of nitrogens with one attached hydrogen (secondary N) is 1. The maximum atomic E-state index is 4.55. The molecule has 21 heavy (non-hydrogen) atoms. The average Bonchev–Trinajstić information content (AvgIpc) is 2.52. The largest absolute Gasteiger partial charge is 0.325 e. The molecule has 0 aliphatic heterocycles. The fourth-order valence-electron chi connectivity index (χ4n) is 2.17. The summed E-state index contributed by atoms with van der Waals surface area (Å²) in [5.74, 6) is 0.889. The molecule has 1 heterocycles. The Kier molecular flexibility index (Phi) is 5.69. The summed E-state index contributed by atoms with van der Waals surface area (Å²) < 4.78 is 0. The molecular weight excluding hydrogens is 260 g/mol. The Bertz CT molecular complexity index is 534. The summed E-state index contributed by atoms with van der Waals surface area (Å²) in [6.07, 6.45) is 4.84. The molecule has 0 spiro atoms. The zero-order valence-electron chi connectivity index (χ0n) is 13.1. The predicted octanol–water partition coefficient (Wildman–Crippen LogP) is 3.44. The van der Waals surface area contributed by atoms with E-state index < -0.39 is 0 Å². The topological polar surface area (TPSA) is 41.1 Å². The lowest BCUT2D eigenvalue weighted by Crippen LogP contribution is -2.19. The molecule has 0 fully saturated rings. The lowest BCUT2D eigenvalue weighted by atomic mass is 10.2. The number of nitrogens with zero attached hydrogens (tertiary/aromatic N) is 3. The molecule has 0 bridgehead atoms. The van der Waals surface area contributed by atoms with E-state index in [9.17, 15) is 0 Å². The van der Waals surface area contributed by atoms with E-state index in [1.54, 1.807) is 0 Å². The van der Waals surface area contributed by atoms with E-state index in [2.05, 4.69) is 65.2 Å². The normalized spacial score (nSPS) is 10.6. The van der Waals surface area contributed by atoms with E-state index in [1.807, 2.05) is 12.4 Å². The molecule has 112 valence electrons. The van der Waals surface area contributed by atoms with Crippen molar-refractivity contribution in [3.05, 3.63) is 47.9 Å². The smallest absolute Gasteiger partial charge is 0.151 e. The standard InChI is InChI=1S/C17H24N4/c1-4-10-18-11-15-12-20-17(13-19-15)21(5-2)16-8-6-14(3)7-9-16/h6-9,12-13,18H,4-5,10-11H2,1-3H3. The van der Waals surface area contributed by atoms with Crippen LogP contribution in [0.5, 0.6) is 0 Å². The van der Waals surface area contributed by atoms with Gasteiger partial charge in [0.05, 0.1) is 18.1 Å². The van der Waals surface area contributed by atoms with Gasteiger partial charge in [-0.25, -0.2) is 4.98 Å². The molecule has 0 unspecified atom stereocenters. The molecule has 0 aliphatic carbocycles. The van der Waals surface area contributed by atoms with Crippen LogP contribution in [0.15, 0.2) is 36.7 Å². The first kappa shape index (κ1) is 15.4. The molecule has 4 heteroatoms. The zero-order valence-corrected chi connectivity index (χ0v) is 13.1. The van der Waals surface area contributed by atoms with Crippen LogP contribution in [-0.2, 0) is 6.54 Å². The lowest BCUT2D eigenvalue weighted by molar-refractivity contribution is 0.662. The van der Waals surface area contributed by atoms with Crippen LogP contribution in [-0.4, -0.2) is 23.1 Å². The Morgan fingerprint density at radius 2 is 1.81 bits per heavy atom. The number of anilines is 2. The Balaban J connectivity index is 2.09. The van der Waals surface area contributed by atoms with E-state index >= 15 is 0 Å². The van der Waals surface area contributed by atoms with Crippen molar-refractivity contribution in [2.24, 2.45) is 0 Å². The van der Waals surface area contributed by atoms with E-state index in [0.717, 1.165) is 43.3 Å². The molecule has 0 atom stereocenters. The van der Waals surface area contributed by atoms with Gasteiger partial charge in [-0.05, 0) is 38.9 Å². The summed E-state index contributed by atoms with van der Waals surface area (Å²) in [6, 6.07) is 8.48. The second kappa shape index (κ2) is 7.74. The van der Waals surface area contributed by atoms with Crippen molar-refractivity contribution >= 4 is 11.5 Å². The fraction of sp³-hybridized carbons (Fsp3) is 0.412. The van der Waals surface area contributed by atoms with Crippen molar-refractivity contribution in [3.63, 3.8) is 0 Å². The van der Waals surface area contributed by atoms with Crippen LogP contribution in [0.3, 0.4) is 0 Å². The van der Waals surface area contributed by atoms with Gasteiger partial charge in [0.15, 0.2) is 5.82 Å². The van der Waals surface area contributed by atoms with Crippen LogP contribution in [0.1, 0.15) is 31.5 Å². The Morgan fingerprint density at radius 1 is 1.05 bits per heavy atom. The highest BCUT2D eigenvalue weighted by Crippen LogP contribution is 2.22. The maximum absolute atomic E-state index is 4.55. The summed E-state index contributed by atoms with van der Waals surface area (Å²) >= 11 is 0. The van der Waals surface area contributed by atoms with Gasteiger partial charge in [-0.2, -0.15) is 0 Å². The van der Waals surface area contributed by atoms with Gasteiger partial charge in [0.1, 0.15) is 0 Å². The van der Waals surface area contributed by atoms with Crippen molar-refractivity contribution in [2.75, 3.05) is 18.0 Å². The van der Waals surface area contributed by atoms with Crippen LogP contribution in [0.2, 0.25) is 0 Å². The van der Waals surface area contributed by atoms with Crippen LogP contribution in [0.25, 0.3) is 0 Å². The Morgan fingerprint density at radius 3 is 2.38 bits per heavy atom. The third-order valence-corrected chi connectivity index (χ3v) is 3.36. The highest BCUT2D eigenvalue weighted by atomic mass is 15.2. The first-order chi connectivity index (χ1) is 10.2. The minimum atomic E-state index is 0.776. The molecule has 0 saturated heterocycles. The van der Waals surface area contributed by atoms with Crippen LogP contribution < -0.4 is 10.2 Å². The number of hydrogen-bond donors (Lipinski definition) is 1. The van der Waals surface area contributed by atoms with Gasteiger partial charge in [-0.3, -0.25) is 4.98 Å². The molecule has 1 aromatic heterocycles. The summed E-state index contributed by atoms with van der Waals surface area (Å²) in [7, 11) is 0. The third kappa shape index (κ3) is 4.26. The van der Waals surface area contributed by atoms with Gasteiger partial charge < -0.3 is 10.2 Å². The number of rotatable bonds is 7. The van der Waals surface area contributed by atoms with E-state index in [1.165, 1.54) is 5.56 Å². The van der Waals surface area contributed by atoms with Crippen molar-refractivity contribution in [1.82, 2.24) is 15.3 Å². The van der Waals surface area contributed by atoms with E-state index in [0.29, 0.717) is 0 Å². The molecular formula is C17H24N4. The summed E-state index contributed by atoms with van der Waals surface area (Å²) in [5, 5.41) is 3.34. The average molecular weight is 284 g/mol. The molecule has 2 aromatic rings. The first-order valence-corrected chi connectivity index (χ1v) is 7.60. The molecule has 4 nitrogen and oxygen atoms in total. The SMILES string of the molecule is CCCNCc1cnc(N(CC)c2ccc(C)cc2)cn1. The highest BCUT2D eigenvalue weighted by Gasteiger charge is 2.08. The Labute approximate surface area is 127 Å². The highest BCUT2D eigenvalue weighted by molar-refractivity contribution is 5.59. The van der Waals surface area contributed by atoms with Gasteiger partial charge >= 0.3 is 0 Å². The summed E-state index contributed by atoms with van der Waals surface area (Å²) in [5.41, 5.74) is 3.39. The molecule has 2 rings (SSSR count). The zero-order chi connectivity index (χ0) is 15.1. The maximum Gasteiger partial charge on any atom is 0.151 e. The van der Waals surface area contributed by atoms with Gasteiger partial charge in [0, 0.05) is 18.8 Å². The number of aryl methyl sites for hydroxylation is 1. The quantitative estimate of drug-likeness (QED) is 0.791. The third-order valence-electron chi connectivity index (χ3n) is 3.36. The molecule has 0 saturated carbocycles. The van der Waals surface area contributed by atoms with Crippen LogP contribution >= 0.6 is 0 Å². The van der Waals surface area contributed by atoms with Crippen LogP contribution in [0.4, 0.5) is 11.5 Å². The van der Waals surface area contributed by atoms with Crippen LogP contribution in [0, 0.1) is 6.92 Å². The van der Waals surface area contributed by atoms with Gasteiger partial charge in [-0.15, -0.1) is 0 Å². The molecule has 1 aromatic carbocycles. The van der Waals surface area contributed by atoms with Crippen molar-refractivity contribution < 1.29 is 0 Å². The second-order valence-corrected chi connectivity index (χ2v) is 5.12. The fourth-order valence-corrected chi connectivity index (χ4v) is 2.17. The first-order valence-electron chi connectivity index (χ1n) is 7.60. The van der Waals surface area contributed by atoms with E-state index in [4.69, 9.17) is 0 Å². The number of hydrogen-bond acceptors (Lipinski definition) is 4. The molecule has 0 radical (unpaired) electrons. The van der Waals surface area contributed by atoms with E-state index in [-0.39, 0.29) is 0 Å². The summed E-state index contributed by atoms with van der Waals surface area (Å²) in [4.78, 5) is 11.2. The minimum absolute atomic E-state index is 0.776. The monoisotopic (exact) mass is 284 g/mol. The van der Waals surface area contributed by atoms with Crippen molar-refractivity contribution in [3.8, 4) is 0 Å². The minimum Gasteiger partial charge on any atom is -0.325 e. The lowest BCUT2D eigenvalue weighted by Gasteiger charge is -2.22. The van der Waals surface area contributed by atoms with Gasteiger partial charge in [0.25, 0.3) is 0 Å². The predicted molar refractivity (Wildman–Crippen MR) is 87.9 cm³/mol. The number of aromatic nitrogens is 2. The van der Waals surface area contributed by atoms with Crippen molar-refractivity contribution in [1.29, 1.82) is 0 Å².